The van der Waals surface area contributed by atoms with Gasteiger partial charge in [-0.3, -0.25) is 28.8 Å². The maximum absolute atomic E-state index is 14.3. The number of aliphatic hydroxyl groups is 9. The molecule has 27 heteroatoms. The number of unbranched alkanes of at least 4 members (excludes halogenated alkanes) is 8. The maximum atomic E-state index is 14.3. The zero-order valence-corrected chi connectivity index (χ0v) is 52.9. The van der Waals surface area contributed by atoms with Crippen molar-refractivity contribution in [1.29, 1.82) is 0 Å². The third kappa shape index (κ3) is 29.7. The minimum atomic E-state index is -1.24. The van der Waals surface area contributed by atoms with Gasteiger partial charge in [-0.05, 0) is 110 Å². The Balaban J connectivity index is 1.57. The van der Waals surface area contributed by atoms with E-state index in [1.165, 1.54) is 0 Å². The van der Waals surface area contributed by atoms with Crippen molar-refractivity contribution in [3.8, 4) is 0 Å². The van der Waals surface area contributed by atoms with Crippen LogP contribution < -0.4 is 31.9 Å². The van der Waals surface area contributed by atoms with E-state index in [9.17, 15) is 74.7 Å². The summed E-state index contributed by atoms with van der Waals surface area (Å²) in [6, 6.07) is -2.05. The van der Waals surface area contributed by atoms with E-state index in [1.807, 2.05) is 13.8 Å². The minimum absolute atomic E-state index is 0.0621. The van der Waals surface area contributed by atoms with Gasteiger partial charge in [0.05, 0.1) is 50.3 Å². The molecule has 3 fully saturated rings. The lowest BCUT2D eigenvalue weighted by Crippen LogP contribution is -2.55. The molecule has 27 nitrogen and oxygen atoms in total. The lowest BCUT2D eigenvalue weighted by molar-refractivity contribution is -0.282. The van der Waals surface area contributed by atoms with Crippen molar-refractivity contribution in [2.45, 2.75) is 268 Å². The summed E-state index contributed by atoms with van der Waals surface area (Å²) in [4.78, 5) is 79.6. The number of aliphatic hydroxyl groups excluding tert-OH is 9. The van der Waals surface area contributed by atoms with E-state index in [0.29, 0.717) is 135 Å². The van der Waals surface area contributed by atoms with E-state index < -0.39 is 129 Å². The lowest BCUT2D eigenvalue weighted by Gasteiger charge is -2.41. The molecule has 3 heterocycles. The Morgan fingerprint density at radius 2 is 0.795 bits per heavy atom. The highest BCUT2D eigenvalue weighted by Gasteiger charge is 2.44. The Morgan fingerprint density at radius 3 is 1.27 bits per heavy atom. The highest BCUT2D eigenvalue weighted by Crippen LogP contribution is 2.30. The molecule has 0 aromatic rings. The molecule has 0 radical (unpaired) electrons. The van der Waals surface area contributed by atoms with Gasteiger partial charge >= 0.3 is 0 Å². The van der Waals surface area contributed by atoms with Crippen LogP contribution in [0.4, 0.5) is 0 Å². The standard InChI is InChI=1S/C61H112N6O21/c1-38(2)83-34-20-31-64-48(71)24-10-7-15-30-65-58(81)42(21-11-16-28-62-49(72)25-13-18-32-84-60-40(4)53(76)56(79)46(36-69)87-60)67-59(82)43(66-51(74)27-9-6-8-23-44-39(3)52(75)55(78)45(35-68)86-44)22-12-17-29-63-50(73)26-14-19-33-85-61-41(5)54(77)57(80)47(37-70)88-61/h38-47,52-57,60-61,68-70,75-80H,6-37H2,1-5H3,(H,62,72)(H,63,73)(H,64,71)(H,65,81)(H,66,74)(H,67,82)/t39?,40?,41?,42?,43?,44-,45?,46?,47?,52+,53+,54+,55-,56-,57-,60+,61+/m0/s1. The fourth-order valence-electron chi connectivity index (χ4n) is 10.8. The van der Waals surface area contributed by atoms with Gasteiger partial charge in [-0.1, -0.05) is 40.0 Å². The maximum Gasteiger partial charge on any atom is 0.243 e. The average Bonchev–Trinajstić information content (AvgIpc) is 2.40. The van der Waals surface area contributed by atoms with Crippen LogP contribution in [0.1, 0.15) is 176 Å². The zero-order valence-electron chi connectivity index (χ0n) is 52.9. The SMILES string of the molecule is CC(C)OCCCNC(=O)CCCCCNC(=O)C(CCCCNC(=O)CCCCO[C@@H]1OC(CO)[C@H](O)[C@H](O)C1C)NC(=O)C(CCCCNC(=O)CCCCO[C@@H]1OC(CO)[C@H](O)[C@H](O)C1C)NC(=O)CCCCC[C@@H]1OC(CO)[C@H](O)[C@H](O)C1C. The molecule has 3 aliphatic heterocycles. The molecule has 15 N–H and O–H groups in total. The van der Waals surface area contributed by atoms with Crippen LogP contribution in [0.2, 0.25) is 0 Å². The van der Waals surface area contributed by atoms with E-state index >= 15 is 0 Å². The molecule has 0 spiro atoms. The second-order valence-corrected chi connectivity index (χ2v) is 24.2. The normalized spacial score (nSPS) is 27.9. The van der Waals surface area contributed by atoms with Crippen molar-refractivity contribution in [1.82, 2.24) is 31.9 Å². The van der Waals surface area contributed by atoms with E-state index in [0.717, 1.165) is 0 Å². The molecule has 88 heavy (non-hydrogen) atoms. The van der Waals surface area contributed by atoms with Crippen LogP contribution in [-0.2, 0) is 57.2 Å². The Labute approximate surface area is 520 Å². The number of hydrogen-bond acceptors (Lipinski definition) is 21. The number of nitrogens with one attached hydrogen (secondary N) is 6. The molecule has 3 saturated heterocycles. The molecule has 3 aliphatic rings. The monoisotopic (exact) mass is 1260 g/mol. The van der Waals surface area contributed by atoms with Crippen LogP contribution in [0.15, 0.2) is 0 Å². The molecule has 0 aliphatic carbocycles. The highest BCUT2D eigenvalue weighted by molar-refractivity contribution is 5.92. The molecule has 0 bridgehead atoms. The van der Waals surface area contributed by atoms with Gasteiger partial charge in [0.2, 0.25) is 35.4 Å². The van der Waals surface area contributed by atoms with Crippen LogP contribution in [-0.4, -0.2) is 239 Å². The molecule has 0 saturated carbocycles. The summed E-state index contributed by atoms with van der Waals surface area (Å²) in [5.74, 6) is -3.27. The van der Waals surface area contributed by atoms with Crippen molar-refractivity contribution < 1.29 is 103 Å². The number of amides is 6. The van der Waals surface area contributed by atoms with E-state index in [4.69, 9.17) is 28.4 Å². The van der Waals surface area contributed by atoms with E-state index in [-0.39, 0.29) is 87.5 Å². The molecule has 0 aromatic heterocycles. The molecule has 6 amide bonds. The van der Waals surface area contributed by atoms with Gasteiger partial charge in [0.1, 0.15) is 48.7 Å². The smallest absolute Gasteiger partial charge is 0.243 e. The van der Waals surface area contributed by atoms with Crippen LogP contribution >= 0.6 is 0 Å². The molecule has 17 atom stereocenters. The predicted octanol–water partition coefficient (Wildman–Crippen LogP) is -0.271. The largest absolute Gasteiger partial charge is 0.394 e. The van der Waals surface area contributed by atoms with Crippen LogP contribution in [0.5, 0.6) is 0 Å². The topological polar surface area (TPSA) is 412 Å². The predicted molar refractivity (Wildman–Crippen MR) is 321 cm³/mol. The van der Waals surface area contributed by atoms with Gasteiger partial charge in [-0.2, -0.15) is 0 Å². The first-order valence-corrected chi connectivity index (χ1v) is 32.5. The fourth-order valence-corrected chi connectivity index (χ4v) is 10.8. The third-order valence-corrected chi connectivity index (χ3v) is 16.6. The summed E-state index contributed by atoms with van der Waals surface area (Å²) >= 11 is 0. The second kappa shape index (κ2) is 44.7. The number of ether oxygens (including phenoxy) is 6. The number of rotatable bonds is 46. The summed E-state index contributed by atoms with van der Waals surface area (Å²) in [6.07, 6.45) is -1.95. The number of carbonyl (C=O) groups is 6. The molecule has 0 aromatic carbocycles. The first-order chi connectivity index (χ1) is 42.1. The van der Waals surface area contributed by atoms with Gasteiger partial charge < -0.3 is 106 Å². The quantitative estimate of drug-likeness (QED) is 0.0349. The minimum Gasteiger partial charge on any atom is -0.394 e. The summed E-state index contributed by atoms with van der Waals surface area (Å²) in [5.41, 5.74) is 0. The van der Waals surface area contributed by atoms with Gasteiger partial charge in [-0.25, -0.2) is 0 Å². The van der Waals surface area contributed by atoms with Gasteiger partial charge in [0.15, 0.2) is 12.6 Å². The Kier molecular flexibility index (Phi) is 39.8. The molecule has 8 unspecified atom stereocenters. The van der Waals surface area contributed by atoms with Crippen LogP contribution in [0.25, 0.3) is 0 Å². The third-order valence-electron chi connectivity index (χ3n) is 16.6. The van der Waals surface area contributed by atoms with Crippen molar-refractivity contribution in [3.63, 3.8) is 0 Å². The van der Waals surface area contributed by atoms with Crippen LogP contribution in [0.3, 0.4) is 0 Å². The van der Waals surface area contributed by atoms with Crippen molar-refractivity contribution in [3.05, 3.63) is 0 Å². The van der Waals surface area contributed by atoms with Crippen molar-refractivity contribution in [2.75, 3.05) is 65.8 Å². The van der Waals surface area contributed by atoms with Crippen molar-refractivity contribution in [2.24, 2.45) is 17.8 Å². The lowest BCUT2D eigenvalue weighted by atomic mass is 9.86. The summed E-state index contributed by atoms with van der Waals surface area (Å²) in [6.45, 7) is 10.0. The molecule has 512 valence electrons. The fraction of sp³-hybridized carbons (Fsp3) is 0.902. The summed E-state index contributed by atoms with van der Waals surface area (Å²) in [7, 11) is 0. The summed E-state index contributed by atoms with van der Waals surface area (Å²) < 4.78 is 34.1. The number of carbonyl (C=O) groups excluding carboxylic acids is 6. The van der Waals surface area contributed by atoms with Gasteiger partial charge in [-0.15, -0.1) is 0 Å². The Morgan fingerprint density at radius 1 is 0.398 bits per heavy atom. The molecular formula is C61H112N6O21. The van der Waals surface area contributed by atoms with Crippen LogP contribution in [0, 0.1) is 17.8 Å². The van der Waals surface area contributed by atoms with E-state index in [1.54, 1.807) is 20.8 Å². The zero-order chi connectivity index (χ0) is 65.0. The van der Waals surface area contributed by atoms with Gasteiger partial charge in [0, 0.05) is 89.4 Å². The summed E-state index contributed by atoms with van der Waals surface area (Å²) in [5, 5.41) is 108. The highest BCUT2D eigenvalue weighted by atomic mass is 16.7. The Hall–Kier alpha value is -3.78. The van der Waals surface area contributed by atoms with E-state index in [2.05, 4.69) is 31.9 Å². The Bertz CT molecular complexity index is 1960. The molecular weight excluding hydrogens is 1150 g/mol. The number of hydrogen-bond donors (Lipinski definition) is 15. The second-order valence-electron chi connectivity index (χ2n) is 24.2. The van der Waals surface area contributed by atoms with Crippen molar-refractivity contribution >= 4 is 35.4 Å². The molecule has 3 rings (SSSR count). The van der Waals surface area contributed by atoms with Gasteiger partial charge in [0.25, 0.3) is 0 Å². The first-order valence-electron chi connectivity index (χ1n) is 32.5. The average molecular weight is 1270 g/mol. The first kappa shape index (κ1) is 78.5.